The number of carbonyl (C=O) groups is 2. The predicted molar refractivity (Wildman–Crippen MR) is 109 cm³/mol. The predicted octanol–water partition coefficient (Wildman–Crippen LogP) is 1.30. The molecule has 7 heteroatoms. The first-order valence-electron chi connectivity index (χ1n) is 10.2. The van der Waals surface area contributed by atoms with Crippen LogP contribution < -0.4 is 15.5 Å². The van der Waals surface area contributed by atoms with E-state index >= 15 is 0 Å². The Balaban J connectivity index is 1.56. The van der Waals surface area contributed by atoms with Gasteiger partial charge in [-0.1, -0.05) is 12.1 Å². The average Bonchev–Trinajstić information content (AvgIpc) is 3.40. The Hall–Kier alpha value is -2.12. The molecule has 2 fully saturated rings. The molecule has 2 amide bonds. The number of anilines is 1. The smallest absolute Gasteiger partial charge is 0.309 e. The van der Waals surface area contributed by atoms with Gasteiger partial charge >= 0.3 is 11.8 Å². The van der Waals surface area contributed by atoms with Crippen LogP contribution in [0.1, 0.15) is 37.3 Å². The second-order valence-corrected chi connectivity index (χ2v) is 7.80. The third kappa shape index (κ3) is 5.45. The molecule has 2 aliphatic rings. The van der Waals surface area contributed by atoms with Crippen molar-refractivity contribution in [3.8, 4) is 0 Å². The number of carbonyl (C=O) groups excluding carboxylic acids is 2. The Morgan fingerprint density at radius 1 is 1.11 bits per heavy atom. The van der Waals surface area contributed by atoms with Crippen molar-refractivity contribution in [2.75, 3.05) is 51.8 Å². The zero-order valence-electron chi connectivity index (χ0n) is 16.9. The quantitative estimate of drug-likeness (QED) is 0.689. The fraction of sp³-hybridized carbons (Fsp3) is 0.619. The van der Waals surface area contributed by atoms with Crippen LogP contribution in [-0.4, -0.2) is 69.7 Å². The van der Waals surface area contributed by atoms with E-state index < -0.39 is 11.8 Å². The van der Waals surface area contributed by atoms with Gasteiger partial charge in [0.05, 0.1) is 12.1 Å². The summed E-state index contributed by atoms with van der Waals surface area (Å²) in [5.41, 5.74) is 2.30. The monoisotopic (exact) mass is 388 g/mol. The van der Waals surface area contributed by atoms with Crippen LogP contribution in [0.3, 0.4) is 0 Å². The maximum Gasteiger partial charge on any atom is 0.309 e. The molecule has 0 saturated carbocycles. The first-order valence-corrected chi connectivity index (χ1v) is 10.2. The highest BCUT2D eigenvalue weighted by atomic mass is 16.5. The SMILES string of the molecule is CN(C)c1ccc([C@H](CNC(=O)C(=O)NC[C@H]2CCCO2)N2CCCC2)cc1. The number of rotatable bonds is 7. The maximum atomic E-state index is 12.3. The summed E-state index contributed by atoms with van der Waals surface area (Å²) in [5.74, 6) is -1.16. The van der Waals surface area contributed by atoms with Gasteiger partial charge in [0.2, 0.25) is 0 Å². The van der Waals surface area contributed by atoms with Crippen molar-refractivity contribution in [1.29, 1.82) is 0 Å². The molecule has 2 aliphatic heterocycles. The van der Waals surface area contributed by atoms with E-state index in [0.717, 1.165) is 43.8 Å². The second-order valence-electron chi connectivity index (χ2n) is 7.80. The Kier molecular flexibility index (Phi) is 7.28. The minimum Gasteiger partial charge on any atom is -0.378 e. The summed E-state index contributed by atoms with van der Waals surface area (Å²) in [6.45, 7) is 3.58. The van der Waals surface area contributed by atoms with Crippen molar-refractivity contribution in [3.05, 3.63) is 29.8 Å². The highest BCUT2D eigenvalue weighted by Gasteiger charge is 2.25. The molecule has 28 heavy (non-hydrogen) atoms. The molecule has 154 valence electrons. The number of nitrogens with one attached hydrogen (secondary N) is 2. The summed E-state index contributed by atoms with van der Waals surface area (Å²) in [4.78, 5) is 28.8. The molecule has 2 N–H and O–H groups in total. The summed E-state index contributed by atoms with van der Waals surface area (Å²) in [6, 6.07) is 8.49. The largest absolute Gasteiger partial charge is 0.378 e. The molecule has 0 bridgehead atoms. The van der Waals surface area contributed by atoms with E-state index in [0.29, 0.717) is 13.1 Å². The van der Waals surface area contributed by atoms with E-state index in [1.807, 2.05) is 14.1 Å². The minimum absolute atomic E-state index is 0.0318. The summed E-state index contributed by atoms with van der Waals surface area (Å²) >= 11 is 0. The standard InChI is InChI=1S/C21H32N4O3/c1-24(2)17-9-7-16(8-10-17)19(25-11-3-4-12-25)15-23-21(27)20(26)22-14-18-6-5-13-28-18/h7-10,18-19H,3-6,11-15H2,1-2H3,(H,22,26)(H,23,27)/t18-,19+/m1/s1. The number of benzene rings is 1. The molecule has 2 saturated heterocycles. The van der Waals surface area contributed by atoms with E-state index in [4.69, 9.17) is 4.74 Å². The third-order valence-corrected chi connectivity index (χ3v) is 5.55. The maximum absolute atomic E-state index is 12.3. The van der Waals surface area contributed by atoms with Crippen LogP contribution in [0.4, 0.5) is 5.69 Å². The summed E-state index contributed by atoms with van der Waals surface area (Å²) in [7, 11) is 4.03. The lowest BCUT2D eigenvalue weighted by atomic mass is 10.0. The van der Waals surface area contributed by atoms with Crippen molar-refractivity contribution in [2.24, 2.45) is 0 Å². The van der Waals surface area contributed by atoms with Crippen molar-refractivity contribution in [2.45, 2.75) is 37.8 Å². The zero-order valence-corrected chi connectivity index (χ0v) is 16.9. The highest BCUT2D eigenvalue weighted by Crippen LogP contribution is 2.26. The Labute approximate surface area is 167 Å². The Morgan fingerprint density at radius 3 is 2.39 bits per heavy atom. The van der Waals surface area contributed by atoms with Crippen LogP contribution in [0.5, 0.6) is 0 Å². The molecule has 2 heterocycles. The van der Waals surface area contributed by atoms with Crippen LogP contribution in [0.15, 0.2) is 24.3 Å². The lowest BCUT2D eigenvalue weighted by Crippen LogP contribution is -2.45. The molecule has 0 aliphatic carbocycles. The minimum atomic E-state index is -0.585. The first-order chi connectivity index (χ1) is 13.5. The lowest BCUT2D eigenvalue weighted by Gasteiger charge is -2.28. The number of ether oxygens (including phenoxy) is 1. The van der Waals surface area contributed by atoms with Crippen LogP contribution in [0, 0.1) is 0 Å². The van der Waals surface area contributed by atoms with Gasteiger partial charge in [0.1, 0.15) is 0 Å². The number of hydrogen-bond donors (Lipinski definition) is 2. The zero-order chi connectivity index (χ0) is 19.9. The van der Waals surface area contributed by atoms with Gasteiger partial charge in [0.25, 0.3) is 0 Å². The normalized spacial score (nSPS) is 20.7. The van der Waals surface area contributed by atoms with Gasteiger partial charge < -0.3 is 20.3 Å². The molecule has 0 aromatic heterocycles. The fourth-order valence-corrected chi connectivity index (χ4v) is 3.87. The first kappa shape index (κ1) is 20.6. The number of hydrogen-bond acceptors (Lipinski definition) is 5. The van der Waals surface area contributed by atoms with E-state index in [-0.39, 0.29) is 12.1 Å². The molecule has 1 aromatic rings. The number of nitrogens with zero attached hydrogens (tertiary/aromatic N) is 2. The van der Waals surface area contributed by atoms with Crippen molar-refractivity contribution in [1.82, 2.24) is 15.5 Å². The van der Waals surface area contributed by atoms with Crippen molar-refractivity contribution >= 4 is 17.5 Å². The van der Waals surface area contributed by atoms with Crippen LogP contribution in [-0.2, 0) is 14.3 Å². The van der Waals surface area contributed by atoms with E-state index in [1.165, 1.54) is 12.8 Å². The van der Waals surface area contributed by atoms with Crippen LogP contribution in [0.25, 0.3) is 0 Å². The molecular weight excluding hydrogens is 356 g/mol. The van der Waals surface area contributed by atoms with Crippen LogP contribution >= 0.6 is 0 Å². The van der Waals surface area contributed by atoms with E-state index in [9.17, 15) is 9.59 Å². The average molecular weight is 389 g/mol. The van der Waals surface area contributed by atoms with E-state index in [1.54, 1.807) is 0 Å². The summed E-state index contributed by atoms with van der Waals surface area (Å²) < 4.78 is 5.48. The topological polar surface area (TPSA) is 73.9 Å². The van der Waals surface area contributed by atoms with Crippen molar-refractivity contribution in [3.63, 3.8) is 0 Å². The molecule has 0 radical (unpaired) electrons. The van der Waals surface area contributed by atoms with Gasteiger partial charge in [-0.25, -0.2) is 0 Å². The molecule has 1 aromatic carbocycles. The van der Waals surface area contributed by atoms with Gasteiger partial charge in [-0.15, -0.1) is 0 Å². The van der Waals surface area contributed by atoms with Gasteiger partial charge in [-0.05, 0) is 56.5 Å². The molecule has 0 spiro atoms. The molecular formula is C21H32N4O3. The van der Waals surface area contributed by atoms with Crippen molar-refractivity contribution < 1.29 is 14.3 Å². The van der Waals surface area contributed by atoms with E-state index in [2.05, 4.69) is 44.7 Å². The summed E-state index contributed by atoms with van der Waals surface area (Å²) in [5, 5.41) is 5.51. The Morgan fingerprint density at radius 2 is 1.79 bits per heavy atom. The van der Waals surface area contributed by atoms with Gasteiger partial charge in [0.15, 0.2) is 0 Å². The molecule has 0 unspecified atom stereocenters. The summed E-state index contributed by atoms with van der Waals surface area (Å²) in [6.07, 6.45) is 4.31. The Bertz CT molecular complexity index is 650. The third-order valence-electron chi connectivity index (χ3n) is 5.55. The lowest BCUT2D eigenvalue weighted by molar-refractivity contribution is -0.139. The van der Waals surface area contributed by atoms with Gasteiger partial charge in [-0.3, -0.25) is 14.5 Å². The number of likely N-dealkylation sites (tertiary alicyclic amines) is 1. The highest BCUT2D eigenvalue weighted by molar-refractivity contribution is 6.35. The van der Waals surface area contributed by atoms with Gasteiger partial charge in [-0.2, -0.15) is 0 Å². The second kappa shape index (κ2) is 9.89. The fourth-order valence-electron chi connectivity index (χ4n) is 3.87. The number of amides is 2. The van der Waals surface area contributed by atoms with Gasteiger partial charge in [0, 0.05) is 39.5 Å². The molecule has 7 nitrogen and oxygen atoms in total. The molecule has 2 atom stereocenters. The molecule has 3 rings (SSSR count). The van der Waals surface area contributed by atoms with Crippen LogP contribution in [0.2, 0.25) is 0 Å².